The van der Waals surface area contributed by atoms with Gasteiger partial charge in [-0.1, -0.05) is 0 Å². The number of nitro benzene ring substituents is 1. The Morgan fingerprint density at radius 3 is 2.21 bits per heavy atom. The fraction of sp³-hybridized carbons (Fsp3) is 0.391. The molecule has 11 heteroatoms. The lowest BCUT2D eigenvalue weighted by atomic mass is 10.1. The van der Waals surface area contributed by atoms with Gasteiger partial charge in [0.05, 0.1) is 10.5 Å². The van der Waals surface area contributed by atoms with Gasteiger partial charge in [0.2, 0.25) is 5.91 Å². The average Bonchev–Trinajstić information content (AvgIpc) is 2.83. The van der Waals surface area contributed by atoms with E-state index in [0.717, 1.165) is 30.7 Å². The third-order valence-corrected chi connectivity index (χ3v) is 6.16. The number of hydrogen-bond donors (Lipinski definition) is 0. The molecule has 0 aromatic heterocycles. The predicted octanol–water partition coefficient (Wildman–Crippen LogP) is 4.09. The average molecular weight is 476 g/mol. The van der Waals surface area contributed by atoms with Gasteiger partial charge in [-0.3, -0.25) is 19.7 Å². The molecule has 0 aliphatic carbocycles. The van der Waals surface area contributed by atoms with Crippen LogP contribution in [0.1, 0.15) is 35.2 Å². The maximum absolute atomic E-state index is 13.0. The van der Waals surface area contributed by atoms with Crippen molar-refractivity contribution < 1.29 is 27.7 Å². The van der Waals surface area contributed by atoms with Gasteiger partial charge in [0, 0.05) is 56.5 Å². The van der Waals surface area contributed by atoms with E-state index in [2.05, 4.69) is 0 Å². The SMILES string of the molecule is O=C(c1ccc(N2CCCCC2=O)cc1)N1CCN(c2ccc(C(F)(F)F)cc2[N+](=O)[O-])CC1. The molecule has 0 spiro atoms. The molecule has 2 aromatic rings. The zero-order chi connectivity index (χ0) is 24.5. The van der Waals surface area contributed by atoms with Gasteiger partial charge in [0.15, 0.2) is 0 Å². The minimum Gasteiger partial charge on any atom is -0.362 e. The summed E-state index contributed by atoms with van der Waals surface area (Å²) < 4.78 is 38.9. The molecule has 2 aliphatic heterocycles. The van der Waals surface area contributed by atoms with Crippen molar-refractivity contribution in [1.29, 1.82) is 0 Å². The summed E-state index contributed by atoms with van der Waals surface area (Å²) in [6, 6.07) is 9.32. The monoisotopic (exact) mass is 476 g/mol. The normalized spacial score (nSPS) is 17.1. The smallest absolute Gasteiger partial charge is 0.362 e. The highest BCUT2D eigenvalue weighted by molar-refractivity contribution is 5.97. The third-order valence-electron chi connectivity index (χ3n) is 6.16. The van der Waals surface area contributed by atoms with Gasteiger partial charge in [-0.2, -0.15) is 13.2 Å². The molecule has 2 saturated heterocycles. The molecule has 180 valence electrons. The zero-order valence-corrected chi connectivity index (χ0v) is 18.3. The molecule has 0 saturated carbocycles. The Labute approximate surface area is 193 Å². The lowest BCUT2D eigenvalue weighted by Gasteiger charge is -2.36. The summed E-state index contributed by atoms with van der Waals surface area (Å²) in [4.78, 5) is 40.5. The summed E-state index contributed by atoms with van der Waals surface area (Å²) in [7, 11) is 0. The Hall–Kier alpha value is -3.63. The molecular weight excluding hydrogens is 453 g/mol. The maximum atomic E-state index is 13.0. The molecule has 0 radical (unpaired) electrons. The molecule has 2 fully saturated rings. The largest absolute Gasteiger partial charge is 0.416 e. The Bertz CT molecular complexity index is 1100. The number of hydrogen-bond acceptors (Lipinski definition) is 5. The molecule has 4 rings (SSSR count). The van der Waals surface area contributed by atoms with Crippen LogP contribution < -0.4 is 9.80 Å². The topological polar surface area (TPSA) is 87.0 Å². The zero-order valence-electron chi connectivity index (χ0n) is 18.3. The number of alkyl halides is 3. The Morgan fingerprint density at radius 2 is 1.62 bits per heavy atom. The minimum atomic E-state index is -4.68. The molecule has 0 bridgehead atoms. The number of halogens is 3. The van der Waals surface area contributed by atoms with E-state index in [1.54, 1.807) is 39.0 Å². The molecule has 0 N–H and O–H groups in total. The van der Waals surface area contributed by atoms with E-state index < -0.39 is 22.4 Å². The number of rotatable bonds is 4. The van der Waals surface area contributed by atoms with Crippen molar-refractivity contribution in [3.05, 3.63) is 63.7 Å². The highest BCUT2D eigenvalue weighted by Gasteiger charge is 2.34. The number of nitrogens with zero attached hydrogens (tertiary/aromatic N) is 4. The molecule has 0 atom stereocenters. The molecular formula is C23H23F3N4O4. The maximum Gasteiger partial charge on any atom is 0.416 e. The van der Waals surface area contributed by atoms with Crippen LogP contribution in [0.2, 0.25) is 0 Å². The van der Waals surface area contributed by atoms with Gasteiger partial charge in [-0.05, 0) is 49.2 Å². The van der Waals surface area contributed by atoms with E-state index in [-0.39, 0.29) is 43.7 Å². The first-order valence-electron chi connectivity index (χ1n) is 11.0. The summed E-state index contributed by atoms with van der Waals surface area (Å²) in [6.45, 7) is 1.69. The van der Waals surface area contributed by atoms with Crippen molar-refractivity contribution in [2.75, 3.05) is 42.5 Å². The molecule has 2 amide bonds. The standard InChI is InChI=1S/C23H23F3N4O4/c24-23(25,26)17-6-9-19(20(15-17)30(33)34)27-11-13-28(14-12-27)22(32)16-4-7-18(8-5-16)29-10-2-1-3-21(29)31/h4-9,15H,1-3,10-14H2. The fourth-order valence-corrected chi connectivity index (χ4v) is 4.31. The molecule has 2 heterocycles. The molecule has 2 aliphatic rings. The van der Waals surface area contributed by atoms with Crippen LogP contribution in [0.15, 0.2) is 42.5 Å². The number of benzene rings is 2. The van der Waals surface area contributed by atoms with Crippen LogP contribution in [0.3, 0.4) is 0 Å². The quantitative estimate of drug-likeness (QED) is 0.490. The van der Waals surface area contributed by atoms with Crippen molar-refractivity contribution >= 4 is 28.9 Å². The minimum absolute atomic E-state index is 0.0683. The highest BCUT2D eigenvalue weighted by atomic mass is 19.4. The predicted molar refractivity (Wildman–Crippen MR) is 119 cm³/mol. The van der Waals surface area contributed by atoms with Crippen molar-refractivity contribution in [2.45, 2.75) is 25.4 Å². The van der Waals surface area contributed by atoms with Crippen LogP contribution in [-0.4, -0.2) is 54.4 Å². The second-order valence-electron chi connectivity index (χ2n) is 8.29. The van der Waals surface area contributed by atoms with Crippen molar-refractivity contribution in [1.82, 2.24) is 4.90 Å². The Kier molecular flexibility index (Phi) is 6.45. The Morgan fingerprint density at radius 1 is 0.941 bits per heavy atom. The molecule has 34 heavy (non-hydrogen) atoms. The van der Waals surface area contributed by atoms with Gasteiger partial charge >= 0.3 is 6.18 Å². The fourth-order valence-electron chi connectivity index (χ4n) is 4.31. The second kappa shape index (κ2) is 9.32. The number of carbonyl (C=O) groups excluding carboxylic acids is 2. The molecule has 0 unspecified atom stereocenters. The Balaban J connectivity index is 1.42. The summed E-state index contributed by atoms with van der Waals surface area (Å²) >= 11 is 0. The second-order valence-corrected chi connectivity index (χ2v) is 8.29. The first kappa shape index (κ1) is 23.5. The van der Waals surface area contributed by atoms with E-state index >= 15 is 0 Å². The first-order valence-corrected chi connectivity index (χ1v) is 11.0. The molecule has 8 nitrogen and oxygen atoms in total. The number of anilines is 2. The summed E-state index contributed by atoms with van der Waals surface area (Å²) in [5, 5.41) is 11.4. The van der Waals surface area contributed by atoms with Crippen LogP contribution in [0.4, 0.5) is 30.2 Å². The highest BCUT2D eigenvalue weighted by Crippen LogP contribution is 2.36. The van der Waals surface area contributed by atoms with E-state index in [4.69, 9.17) is 0 Å². The summed E-state index contributed by atoms with van der Waals surface area (Å²) in [6.07, 6.45) is -2.34. The van der Waals surface area contributed by atoms with E-state index in [9.17, 15) is 32.9 Å². The van der Waals surface area contributed by atoms with Crippen molar-refractivity contribution in [3.8, 4) is 0 Å². The molecule has 2 aromatic carbocycles. The van der Waals surface area contributed by atoms with Gasteiger partial charge in [-0.25, -0.2) is 0 Å². The van der Waals surface area contributed by atoms with Crippen LogP contribution in [0, 0.1) is 10.1 Å². The number of carbonyl (C=O) groups is 2. The van der Waals surface area contributed by atoms with Crippen LogP contribution >= 0.6 is 0 Å². The van der Waals surface area contributed by atoms with Gasteiger partial charge in [0.25, 0.3) is 11.6 Å². The number of nitro groups is 1. The lowest BCUT2D eigenvalue weighted by Crippen LogP contribution is -2.49. The van der Waals surface area contributed by atoms with Crippen molar-refractivity contribution in [2.24, 2.45) is 0 Å². The summed E-state index contributed by atoms with van der Waals surface area (Å²) in [5.74, 6) is -0.142. The van der Waals surface area contributed by atoms with Crippen molar-refractivity contribution in [3.63, 3.8) is 0 Å². The van der Waals surface area contributed by atoms with Crippen LogP contribution in [0.5, 0.6) is 0 Å². The van der Waals surface area contributed by atoms with E-state index in [1.807, 2.05) is 0 Å². The summed E-state index contributed by atoms with van der Waals surface area (Å²) in [5.41, 5.74) is -0.382. The van der Waals surface area contributed by atoms with Gasteiger partial charge in [-0.15, -0.1) is 0 Å². The van der Waals surface area contributed by atoms with E-state index in [1.165, 1.54) is 0 Å². The van der Waals surface area contributed by atoms with Crippen LogP contribution in [-0.2, 0) is 11.0 Å². The van der Waals surface area contributed by atoms with Crippen LogP contribution in [0.25, 0.3) is 0 Å². The number of piperidine rings is 1. The third kappa shape index (κ3) is 4.82. The van der Waals surface area contributed by atoms with E-state index in [0.29, 0.717) is 24.6 Å². The van der Waals surface area contributed by atoms with Gasteiger partial charge in [0.1, 0.15) is 5.69 Å². The van der Waals surface area contributed by atoms with Gasteiger partial charge < -0.3 is 14.7 Å². The first-order chi connectivity index (χ1) is 16.1. The number of piperazine rings is 1. The number of amides is 2. The lowest BCUT2D eigenvalue weighted by molar-refractivity contribution is -0.384.